The van der Waals surface area contributed by atoms with Gasteiger partial charge in [0.25, 0.3) is 10.0 Å². The highest BCUT2D eigenvalue weighted by atomic mass is 32.2. The van der Waals surface area contributed by atoms with Gasteiger partial charge in [0.1, 0.15) is 0 Å². The summed E-state index contributed by atoms with van der Waals surface area (Å²) in [6.45, 7) is 1.88. The molecule has 0 aliphatic carbocycles. The highest BCUT2D eigenvalue weighted by Crippen LogP contribution is 2.12. The van der Waals surface area contributed by atoms with Gasteiger partial charge in [0, 0.05) is 12.4 Å². The molecule has 1 heterocycles. The highest BCUT2D eigenvalue weighted by molar-refractivity contribution is 7.90. The van der Waals surface area contributed by atoms with Crippen molar-refractivity contribution in [1.29, 1.82) is 0 Å². The number of pyridine rings is 1. The average Bonchev–Trinajstić information content (AvgIpc) is 2.32. The predicted octanol–water partition coefficient (Wildman–Crippen LogP) is 1.32. The summed E-state index contributed by atoms with van der Waals surface area (Å²) in [6, 6.07) is 9.29. The molecule has 0 aliphatic heterocycles. The number of rotatable bonds is 2. The van der Waals surface area contributed by atoms with Crippen LogP contribution in [0.3, 0.4) is 0 Å². The lowest BCUT2D eigenvalue weighted by Crippen LogP contribution is -2.08. The fourth-order valence-corrected chi connectivity index (χ4v) is 2.36. The molecule has 0 unspecified atom stereocenters. The number of aromatic nitrogens is 1. The summed E-state index contributed by atoms with van der Waals surface area (Å²) in [7, 11) is -3.71. The van der Waals surface area contributed by atoms with Crippen molar-refractivity contribution in [3.05, 3.63) is 59.7 Å². The van der Waals surface area contributed by atoms with E-state index in [2.05, 4.69) is 4.40 Å². The summed E-state index contributed by atoms with van der Waals surface area (Å²) in [5.41, 5.74) is 0.981. The maximum atomic E-state index is 12.0. The zero-order valence-corrected chi connectivity index (χ0v) is 10.5. The minimum absolute atomic E-state index is 0.147. The summed E-state index contributed by atoms with van der Waals surface area (Å²) < 4.78 is 28.4. The maximum absolute atomic E-state index is 12.0. The summed E-state index contributed by atoms with van der Waals surface area (Å²) in [5.74, 6) is 0. The molecule has 0 saturated heterocycles. The van der Waals surface area contributed by atoms with E-state index in [1.165, 1.54) is 36.7 Å². The molecule has 0 atom stereocenters. The van der Waals surface area contributed by atoms with Crippen LogP contribution in [0.4, 0.5) is 0 Å². The maximum Gasteiger partial charge on any atom is 0.282 e. The highest BCUT2D eigenvalue weighted by Gasteiger charge is 2.10. The van der Waals surface area contributed by atoms with Gasteiger partial charge in [0.15, 0.2) is 0 Å². The van der Waals surface area contributed by atoms with E-state index >= 15 is 0 Å². The lowest BCUT2D eigenvalue weighted by atomic mass is 10.2. The Hall–Kier alpha value is -2.08. The fourth-order valence-electron chi connectivity index (χ4n) is 1.37. The van der Waals surface area contributed by atoms with Crippen LogP contribution in [-0.4, -0.2) is 18.4 Å². The van der Waals surface area contributed by atoms with Gasteiger partial charge in [-0.1, -0.05) is 17.7 Å². The SMILES string of the molecule is Cc1ccc(S(=O)(=O)N=c2ccn(O)cc2)cc1. The van der Waals surface area contributed by atoms with Crippen LogP contribution in [0.2, 0.25) is 0 Å². The van der Waals surface area contributed by atoms with Gasteiger partial charge in [-0.3, -0.25) is 0 Å². The molecular weight excluding hydrogens is 252 g/mol. The Labute approximate surface area is 105 Å². The van der Waals surface area contributed by atoms with Crippen LogP contribution in [0.1, 0.15) is 5.56 Å². The molecule has 0 amide bonds. The molecule has 0 bridgehead atoms. The quantitative estimate of drug-likeness (QED) is 0.832. The first kappa shape index (κ1) is 12.4. The van der Waals surface area contributed by atoms with Gasteiger partial charge in [-0.15, -0.1) is 0 Å². The Morgan fingerprint density at radius 3 is 2.17 bits per heavy atom. The lowest BCUT2D eigenvalue weighted by Gasteiger charge is -1.99. The van der Waals surface area contributed by atoms with E-state index < -0.39 is 10.0 Å². The first-order valence-corrected chi connectivity index (χ1v) is 6.67. The second kappa shape index (κ2) is 4.66. The summed E-state index contributed by atoms with van der Waals surface area (Å²) in [5, 5.41) is 9.29. The van der Waals surface area contributed by atoms with Gasteiger partial charge in [-0.05, 0) is 31.2 Å². The third kappa shape index (κ3) is 2.78. The van der Waals surface area contributed by atoms with Crippen molar-refractivity contribution in [1.82, 2.24) is 4.73 Å². The van der Waals surface area contributed by atoms with Crippen molar-refractivity contribution in [2.75, 3.05) is 0 Å². The Morgan fingerprint density at radius 2 is 1.61 bits per heavy atom. The largest absolute Gasteiger partial charge is 0.429 e. The van der Waals surface area contributed by atoms with Gasteiger partial charge in [-0.25, -0.2) is 4.73 Å². The average molecular weight is 264 g/mol. The standard InChI is InChI=1S/C12H12N2O3S/c1-10-2-4-12(5-3-10)18(16,17)13-11-6-8-14(15)9-7-11/h2-9,15H,1H3. The fraction of sp³-hybridized carbons (Fsp3) is 0.0833. The minimum Gasteiger partial charge on any atom is -0.429 e. The molecule has 18 heavy (non-hydrogen) atoms. The first-order chi connectivity index (χ1) is 8.47. The first-order valence-electron chi connectivity index (χ1n) is 5.23. The van der Waals surface area contributed by atoms with Crippen LogP contribution in [0.25, 0.3) is 0 Å². The van der Waals surface area contributed by atoms with Crippen LogP contribution in [0.15, 0.2) is 58.1 Å². The van der Waals surface area contributed by atoms with Crippen molar-refractivity contribution in [2.24, 2.45) is 4.40 Å². The normalized spacial score (nSPS) is 11.2. The monoisotopic (exact) mass is 264 g/mol. The lowest BCUT2D eigenvalue weighted by molar-refractivity contribution is 0.184. The van der Waals surface area contributed by atoms with Crippen molar-refractivity contribution < 1.29 is 13.6 Å². The molecule has 1 aromatic heterocycles. The van der Waals surface area contributed by atoms with Gasteiger partial charge in [0.2, 0.25) is 0 Å². The number of benzene rings is 1. The zero-order chi connectivity index (χ0) is 13.2. The van der Waals surface area contributed by atoms with E-state index in [-0.39, 0.29) is 10.3 Å². The molecule has 0 aliphatic rings. The van der Waals surface area contributed by atoms with Crippen LogP contribution in [0, 0.1) is 6.92 Å². The summed E-state index contributed by atoms with van der Waals surface area (Å²) in [4.78, 5) is 0.147. The number of nitrogens with zero attached hydrogens (tertiary/aromatic N) is 2. The summed E-state index contributed by atoms with van der Waals surface area (Å²) in [6.07, 6.45) is 2.62. The van der Waals surface area contributed by atoms with E-state index in [1.54, 1.807) is 12.1 Å². The molecule has 0 radical (unpaired) electrons. The molecular formula is C12H12N2O3S. The number of hydrogen-bond donors (Lipinski definition) is 1. The molecule has 1 aromatic carbocycles. The molecule has 1 N–H and O–H groups in total. The zero-order valence-electron chi connectivity index (χ0n) is 9.69. The smallest absolute Gasteiger partial charge is 0.282 e. The van der Waals surface area contributed by atoms with Crippen LogP contribution in [0.5, 0.6) is 0 Å². The summed E-state index contributed by atoms with van der Waals surface area (Å²) >= 11 is 0. The molecule has 0 saturated carbocycles. The Morgan fingerprint density at radius 1 is 1.06 bits per heavy atom. The molecule has 6 heteroatoms. The molecule has 0 spiro atoms. The Kier molecular flexibility index (Phi) is 3.20. The van der Waals surface area contributed by atoms with E-state index in [1.807, 2.05) is 6.92 Å². The van der Waals surface area contributed by atoms with Crippen LogP contribution in [-0.2, 0) is 10.0 Å². The number of aryl methyl sites for hydroxylation is 1. The molecule has 2 rings (SSSR count). The molecule has 94 valence electrons. The third-order valence-electron chi connectivity index (χ3n) is 2.34. The van der Waals surface area contributed by atoms with Crippen molar-refractivity contribution in [3.8, 4) is 0 Å². The molecule has 2 aromatic rings. The van der Waals surface area contributed by atoms with Crippen molar-refractivity contribution in [2.45, 2.75) is 11.8 Å². The van der Waals surface area contributed by atoms with E-state index in [4.69, 9.17) is 5.21 Å². The van der Waals surface area contributed by atoms with Crippen LogP contribution >= 0.6 is 0 Å². The number of sulfonamides is 1. The van der Waals surface area contributed by atoms with Crippen molar-refractivity contribution in [3.63, 3.8) is 0 Å². The van der Waals surface area contributed by atoms with Gasteiger partial charge < -0.3 is 5.21 Å². The second-order valence-electron chi connectivity index (χ2n) is 3.82. The Balaban J connectivity index is 2.47. The van der Waals surface area contributed by atoms with Crippen LogP contribution < -0.4 is 5.36 Å². The van der Waals surface area contributed by atoms with E-state index in [9.17, 15) is 8.42 Å². The number of hydrogen-bond acceptors (Lipinski definition) is 3. The van der Waals surface area contributed by atoms with E-state index in [0.29, 0.717) is 0 Å². The Bertz CT molecular complexity index is 695. The molecule has 0 fully saturated rings. The third-order valence-corrected chi connectivity index (χ3v) is 3.66. The van der Waals surface area contributed by atoms with Gasteiger partial charge >= 0.3 is 0 Å². The molecule has 5 nitrogen and oxygen atoms in total. The van der Waals surface area contributed by atoms with Gasteiger partial charge in [0.05, 0.1) is 10.3 Å². The predicted molar refractivity (Wildman–Crippen MR) is 65.5 cm³/mol. The minimum atomic E-state index is -3.71. The van der Waals surface area contributed by atoms with Crippen molar-refractivity contribution >= 4 is 10.0 Å². The second-order valence-corrected chi connectivity index (χ2v) is 5.42. The van der Waals surface area contributed by atoms with Gasteiger partial charge in [-0.2, -0.15) is 12.8 Å². The topological polar surface area (TPSA) is 71.7 Å². The van der Waals surface area contributed by atoms with E-state index in [0.717, 1.165) is 10.3 Å².